The van der Waals surface area contributed by atoms with Crippen molar-refractivity contribution in [2.45, 2.75) is 23.5 Å². The van der Waals surface area contributed by atoms with Crippen LogP contribution in [0.15, 0.2) is 40.6 Å². The van der Waals surface area contributed by atoms with Crippen LogP contribution in [0.3, 0.4) is 0 Å². The van der Waals surface area contributed by atoms with Crippen LogP contribution in [0.2, 0.25) is 5.02 Å². The number of benzene rings is 1. The van der Waals surface area contributed by atoms with Gasteiger partial charge in [-0.3, -0.25) is 9.59 Å². The molecule has 3 heterocycles. The number of anilines is 2. The fourth-order valence-electron chi connectivity index (χ4n) is 2.61. The molecule has 0 fully saturated rings. The van der Waals surface area contributed by atoms with Crippen LogP contribution >= 0.6 is 46.0 Å². The van der Waals surface area contributed by atoms with Crippen molar-refractivity contribution in [2.75, 3.05) is 10.6 Å². The maximum Gasteiger partial charge on any atom is 0.238 e. The standard InChI is InChI=1S/C18H14ClN3O2S3/c1-9-2-4-14(26-9)12-8-25-18(21-12)22-16(23)7-15-17(24)20-11-6-10(19)3-5-13(11)27-15/h2-6,8,15H,7H2,1H3,(H,20,24)(H,21,22,23). The summed E-state index contributed by atoms with van der Waals surface area (Å²) in [7, 11) is 0. The van der Waals surface area contributed by atoms with Crippen LogP contribution in [-0.2, 0) is 9.59 Å². The molecule has 1 atom stereocenters. The van der Waals surface area contributed by atoms with Crippen LogP contribution in [-0.4, -0.2) is 22.0 Å². The summed E-state index contributed by atoms with van der Waals surface area (Å²) in [6.45, 7) is 2.04. The Morgan fingerprint density at radius 1 is 1.33 bits per heavy atom. The van der Waals surface area contributed by atoms with E-state index in [2.05, 4.69) is 15.6 Å². The largest absolute Gasteiger partial charge is 0.324 e. The Hall–Kier alpha value is -1.87. The third kappa shape index (κ3) is 4.19. The number of thioether (sulfide) groups is 1. The number of fused-ring (bicyclic) bond motifs is 1. The van der Waals surface area contributed by atoms with Crippen molar-refractivity contribution >= 4 is 68.7 Å². The Morgan fingerprint density at radius 3 is 2.96 bits per heavy atom. The summed E-state index contributed by atoms with van der Waals surface area (Å²) in [6, 6.07) is 9.39. The van der Waals surface area contributed by atoms with Crippen molar-refractivity contribution in [3.8, 4) is 10.6 Å². The summed E-state index contributed by atoms with van der Waals surface area (Å²) in [5.41, 5.74) is 1.54. The lowest BCUT2D eigenvalue weighted by atomic mass is 10.2. The number of nitrogens with zero attached hydrogens (tertiary/aromatic N) is 1. The van der Waals surface area contributed by atoms with Gasteiger partial charge in [0.25, 0.3) is 0 Å². The topological polar surface area (TPSA) is 71.1 Å². The van der Waals surface area contributed by atoms with Crippen molar-refractivity contribution < 1.29 is 9.59 Å². The fourth-order valence-corrected chi connectivity index (χ4v) is 5.50. The highest BCUT2D eigenvalue weighted by atomic mass is 35.5. The lowest BCUT2D eigenvalue weighted by Gasteiger charge is -2.23. The van der Waals surface area contributed by atoms with Crippen LogP contribution < -0.4 is 10.6 Å². The maximum atomic E-state index is 12.4. The van der Waals surface area contributed by atoms with E-state index in [1.54, 1.807) is 23.5 Å². The van der Waals surface area contributed by atoms with Gasteiger partial charge in [-0.1, -0.05) is 11.6 Å². The molecule has 1 unspecified atom stereocenters. The van der Waals surface area contributed by atoms with Gasteiger partial charge in [-0.2, -0.15) is 0 Å². The predicted molar refractivity (Wildman–Crippen MR) is 113 cm³/mol. The zero-order chi connectivity index (χ0) is 19.0. The van der Waals surface area contributed by atoms with E-state index < -0.39 is 5.25 Å². The first-order valence-corrected chi connectivity index (χ1v) is 11.0. The number of aromatic nitrogens is 1. The van der Waals surface area contributed by atoms with Crippen LogP contribution in [0.25, 0.3) is 10.6 Å². The molecule has 0 spiro atoms. The van der Waals surface area contributed by atoms with Crippen molar-refractivity contribution in [1.29, 1.82) is 0 Å². The van der Waals surface area contributed by atoms with E-state index in [4.69, 9.17) is 11.6 Å². The minimum absolute atomic E-state index is 0.0750. The molecule has 0 aliphatic carbocycles. The van der Waals surface area contributed by atoms with Crippen LogP contribution in [0.1, 0.15) is 11.3 Å². The summed E-state index contributed by atoms with van der Waals surface area (Å²) in [5, 5.41) is 8.14. The number of thiophene rings is 1. The molecule has 1 aliphatic heterocycles. The fraction of sp³-hybridized carbons (Fsp3) is 0.167. The van der Waals surface area contributed by atoms with E-state index >= 15 is 0 Å². The Balaban J connectivity index is 1.40. The summed E-state index contributed by atoms with van der Waals surface area (Å²) in [4.78, 5) is 32.3. The van der Waals surface area contributed by atoms with Gasteiger partial charge < -0.3 is 10.6 Å². The SMILES string of the molecule is Cc1ccc(-c2csc(NC(=O)CC3Sc4ccc(Cl)cc4NC3=O)n2)s1. The molecule has 3 aromatic rings. The van der Waals surface area contributed by atoms with E-state index in [9.17, 15) is 9.59 Å². The van der Waals surface area contributed by atoms with Gasteiger partial charge in [0, 0.05) is 26.6 Å². The van der Waals surface area contributed by atoms with E-state index in [-0.39, 0.29) is 18.2 Å². The number of hydrogen-bond donors (Lipinski definition) is 2. The van der Waals surface area contributed by atoms with Crippen LogP contribution in [0, 0.1) is 6.92 Å². The molecule has 27 heavy (non-hydrogen) atoms. The van der Waals surface area contributed by atoms with E-state index in [0.717, 1.165) is 15.5 Å². The second-order valence-electron chi connectivity index (χ2n) is 5.94. The van der Waals surface area contributed by atoms with Gasteiger partial charge in [-0.05, 0) is 37.3 Å². The number of carbonyl (C=O) groups excluding carboxylic acids is 2. The number of rotatable bonds is 4. The Morgan fingerprint density at radius 2 is 2.19 bits per heavy atom. The number of amides is 2. The highest BCUT2D eigenvalue weighted by molar-refractivity contribution is 8.01. The molecule has 5 nitrogen and oxygen atoms in total. The quantitative estimate of drug-likeness (QED) is 0.585. The zero-order valence-electron chi connectivity index (χ0n) is 14.1. The van der Waals surface area contributed by atoms with E-state index in [1.807, 2.05) is 30.5 Å². The number of carbonyl (C=O) groups is 2. The summed E-state index contributed by atoms with van der Waals surface area (Å²) in [5.74, 6) is -0.429. The normalized spacial score (nSPS) is 15.9. The predicted octanol–water partition coefficient (Wildman–Crippen LogP) is 5.28. The first-order chi connectivity index (χ1) is 13.0. The molecule has 1 aliphatic rings. The van der Waals surface area contributed by atoms with E-state index in [1.165, 1.54) is 28.0 Å². The van der Waals surface area contributed by atoms with Gasteiger partial charge in [0.1, 0.15) is 0 Å². The average Bonchev–Trinajstić information content (AvgIpc) is 3.24. The third-order valence-corrected chi connectivity index (χ3v) is 7.17. The lowest BCUT2D eigenvalue weighted by molar-refractivity contribution is -0.120. The second kappa shape index (κ2) is 7.63. The third-order valence-electron chi connectivity index (χ3n) is 3.88. The molecule has 1 aromatic carbocycles. The molecular weight excluding hydrogens is 422 g/mol. The number of hydrogen-bond acceptors (Lipinski definition) is 6. The first kappa shape index (κ1) is 18.5. The summed E-state index contributed by atoms with van der Waals surface area (Å²) >= 11 is 10.4. The molecule has 9 heteroatoms. The molecule has 0 bridgehead atoms. The van der Waals surface area contributed by atoms with Crippen LogP contribution in [0.4, 0.5) is 10.8 Å². The number of aryl methyl sites for hydroxylation is 1. The summed E-state index contributed by atoms with van der Waals surface area (Å²) < 4.78 is 0. The monoisotopic (exact) mass is 435 g/mol. The first-order valence-electron chi connectivity index (χ1n) is 8.07. The number of nitrogens with one attached hydrogen (secondary N) is 2. The maximum absolute atomic E-state index is 12.4. The zero-order valence-corrected chi connectivity index (χ0v) is 17.3. The Labute approximate surface area is 173 Å². The molecule has 0 saturated heterocycles. The van der Waals surface area contributed by atoms with Crippen molar-refractivity contribution in [2.24, 2.45) is 0 Å². The van der Waals surface area contributed by atoms with Gasteiger partial charge >= 0.3 is 0 Å². The second-order valence-corrected chi connectivity index (χ2v) is 9.76. The van der Waals surface area contributed by atoms with Gasteiger partial charge in [0.2, 0.25) is 11.8 Å². The molecular formula is C18H14ClN3O2S3. The van der Waals surface area contributed by atoms with E-state index in [0.29, 0.717) is 15.8 Å². The number of thiazole rings is 1. The smallest absolute Gasteiger partial charge is 0.238 e. The van der Waals surface area contributed by atoms with Gasteiger partial charge in [-0.15, -0.1) is 34.4 Å². The molecule has 0 saturated carbocycles. The molecule has 2 aromatic heterocycles. The molecule has 0 radical (unpaired) electrons. The van der Waals surface area contributed by atoms with Crippen molar-refractivity contribution in [3.63, 3.8) is 0 Å². The average molecular weight is 436 g/mol. The molecule has 2 N–H and O–H groups in total. The van der Waals surface area contributed by atoms with Crippen molar-refractivity contribution in [1.82, 2.24) is 4.98 Å². The molecule has 4 rings (SSSR count). The van der Waals surface area contributed by atoms with Crippen LogP contribution in [0.5, 0.6) is 0 Å². The van der Waals surface area contributed by atoms with Gasteiger partial charge in [0.15, 0.2) is 5.13 Å². The summed E-state index contributed by atoms with van der Waals surface area (Å²) in [6.07, 6.45) is 0.0750. The Kier molecular flexibility index (Phi) is 5.23. The molecule has 138 valence electrons. The van der Waals surface area contributed by atoms with Crippen molar-refractivity contribution in [3.05, 3.63) is 45.6 Å². The van der Waals surface area contributed by atoms with Gasteiger partial charge in [0.05, 0.1) is 21.5 Å². The minimum atomic E-state index is -0.488. The van der Waals surface area contributed by atoms with Gasteiger partial charge in [-0.25, -0.2) is 4.98 Å². The highest BCUT2D eigenvalue weighted by Gasteiger charge is 2.29. The minimum Gasteiger partial charge on any atom is -0.324 e. The lowest BCUT2D eigenvalue weighted by Crippen LogP contribution is -2.32. The Bertz CT molecular complexity index is 1030. The number of halogens is 1. The molecule has 2 amide bonds. The highest BCUT2D eigenvalue weighted by Crippen LogP contribution is 2.38.